The van der Waals surface area contributed by atoms with Crippen LogP contribution in [0.15, 0.2) is 42.7 Å². The van der Waals surface area contributed by atoms with Gasteiger partial charge in [0, 0.05) is 37.7 Å². The smallest absolute Gasteiger partial charge is 0.257 e. The number of likely N-dealkylation sites (N-methyl/N-ethyl adjacent to an activating group) is 2. The van der Waals surface area contributed by atoms with Crippen molar-refractivity contribution in [2.75, 3.05) is 32.5 Å². The molecule has 1 saturated heterocycles. The number of benzene rings is 1. The molecule has 6 nitrogen and oxygen atoms in total. The Morgan fingerprint density at radius 1 is 1.26 bits per heavy atom. The zero-order valence-corrected chi connectivity index (χ0v) is 13.4. The number of carbonyl (C=O) groups excluding carboxylic acids is 1. The van der Waals surface area contributed by atoms with Gasteiger partial charge < -0.3 is 15.1 Å². The van der Waals surface area contributed by atoms with Gasteiger partial charge in [-0.2, -0.15) is 0 Å². The maximum atomic E-state index is 12.5. The van der Waals surface area contributed by atoms with Crippen LogP contribution >= 0.6 is 0 Å². The summed E-state index contributed by atoms with van der Waals surface area (Å²) in [6.45, 7) is 1.94. The van der Waals surface area contributed by atoms with E-state index in [2.05, 4.69) is 27.2 Å². The molecule has 2 heterocycles. The Kier molecular flexibility index (Phi) is 4.52. The first-order valence-corrected chi connectivity index (χ1v) is 7.73. The number of aromatic nitrogens is 2. The first kappa shape index (κ1) is 15.4. The number of carbonyl (C=O) groups is 1. The summed E-state index contributed by atoms with van der Waals surface area (Å²) < 4.78 is 0. The zero-order chi connectivity index (χ0) is 16.2. The van der Waals surface area contributed by atoms with E-state index in [0.29, 0.717) is 11.5 Å². The number of nitrogens with one attached hydrogen (secondary N) is 1. The maximum Gasteiger partial charge on any atom is 0.257 e. The van der Waals surface area contributed by atoms with Crippen molar-refractivity contribution in [1.82, 2.24) is 19.8 Å². The summed E-state index contributed by atoms with van der Waals surface area (Å²) in [6, 6.07) is 9.96. The molecule has 1 N–H and O–H groups in total. The van der Waals surface area contributed by atoms with Gasteiger partial charge in [0.2, 0.25) is 5.95 Å². The normalized spacial score (nSPS) is 17.9. The summed E-state index contributed by atoms with van der Waals surface area (Å²) in [5.41, 5.74) is 1.43. The summed E-state index contributed by atoms with van der Waals surface area (Å²) in [7, 11) is 3.92. The third kappa shape index (κ3) is 3.65. The molecule has 0 aliphatic carbocycles. The van der Waals surface area contributed by atoms with Crippen LogP contribution in [0, 0.1) is 0 Å². The Hall–Kier alpha value is -2.47. The third-order valence-electron chi connectivity index (χ3n) is 4.16. The van der Waals surface area contributed by atoms with Crippen LogP contribution in [0.3, 0.4) is 0 Å². The molecule has 1 unspecified atom stereocenters. The fraction of sp³-hybridized carbons (Fsp3) is 0.353. The zero-order valence-electron chi connectivity index (χ0n) is 13.4. The Morgan fingerprint density at radius 2 is 1.96 bits per heavy atom. The molecule has 0 radical (unpaired) electrons. The van der Waals surface area contributed by atoms with E-state index in [1.807, 2.05) is 37.4 Å². The van der Waals surface area contributed by atoms with Crippen molar-refractivity contribution in [3.05, 3.63) is 48.3 Å². The van der Waals surface area contributed by atoms with E-state index in [1.54, 1.807) is 17.3 Å². The van der Waals surface area contributed by atoms with Gasteiger partial charge >= 0.3 is 0 Å². The average molecular weight is 311 g/mol. The number of nitrogens with zero attached hydrogens (tertiary/aromatic N) is 4. The minimum atomic E-state index is -0.0310. The molecule has 23 heavy (non-hydrogen) atoms. The number of hydrogen-bond acceptors (Lipinski definition) is 5. The van der Waals surface area contributed by atoms with E-state index in [9.17, 15) is 4.79 Å². The standard InChI is InChI=1S/C17H21N5O/c1-21-9-8-15(12-21)22(2)16(23)13-10-18-17(19-11-13)20-14-6-4-3-5-7-14/h3-7,10-11,15H,8-9,12H2,1-2H3,(H,18,19,20). The molecule has 1 atom stereocenters. The Balaban J connectivity index is 1.65. The number of hydrogen-bond donors (Lipinski definition) is 1. The van der Waals surface area contributed by atoms with Gasteiger partial charge in [0.25, 0.3) is 5.91 Å². The lowest BCUT2D eigenvalue weighted by Gasteiger charge is -2.24. The Bertz CT molecular complexity index is 658. The summed E-state index contributed by atoms with van der Waals surface area (Å²) in [5.74, 6) is 0.451. The molecule has 0 bridgehead atoms. The second-order valence-electron chi connectivity index (χ2n) is 5.91. The van der Waals surface area contributed by atoms with Crippen LogP contribution in [-0.4, -0.2) is 58.9 Å². The molecule has 120 valence electrons. The van der Waals surface area contributed by atoms with Gasteiger partial charge in [-0.05, 0) is 32.1 Å². The minimum Gasteiger partial charge on any atom is -0.337 e. The summed E-state index contributed by atoms with van der Waals surface area (Å²) in [4.78, 5) is 25.0. The van der Waals surface area contributed by atoms with Gasteiger partial charge in [0.15, 0.2) is 0 Å². The fourth-order valence-corrected chi connectivity index (χ4v) is 2.75. The number of anilines is 2. The van der Waals surface area contributed by atoms with Crippen LogP contribution < -0.4 is 5.32 Å². The molecule has 1 aliphatic heterocycles. The van der Waals surface area contributed by atoms with E-state index < -0.39 is 0 Å². The van der Waals surface area contributed by atoms with Crippen LogP contribution in [0.5, 0.6) is 0 Å². The SMILES string of the molecule is CN1CCC(N(C)C(=O)c2cnc(Nc3ccccc3)nc2)C1. The van der Waals surface area contributed by atoms with Crippen molar-refractivity contribution in [3.8, 4) is 0 Å². The maximum absolute atomic E-state index is 12.5. The topological polar surface area (TPSA) is 61.4 Å². The highest BCUT2D eigenvalue weighted by Gasteiger charge is 2.27. The lowest BCUT2D eigenvalue weighted by molar-refractivity contribution is 0.0737. The number of rotatable bonds is 4. The average Bonchev–Trinajstić information content (AvgIpc) is 3.02. The van der Waals surface area contributed by atoms with Gasteiger partial charge in [-0.25, -0.2) is 9.97 Å². The lowest BCUT2D eigenvalue weighted by atomic mass is 10.2. The molecule has 1 aliphatic rings. The van der Waals surface area contributed by atoms with Crippen LogP contribution in [0.1, 0.15) is 16.8 Å². The number of likely N-dealkylation sites (tertiary alicyclic amines) is 1. The molecule has 0 spiro atoms. The quantitative estimate of drug-likeness (QED) is 0.936. The third-order valence-corrected chi connectivity index (χ3v) is 4.16. The van der Waals surface area contributed by atoms with Gasteiger partial charge in [-0.15, -0.1) is 0 Å². The van der Waals surface area contributed by atoms with Crippen molar-refractivity contribution >= 4 is 17.5 Å². The van der Waals surface area contributed by atoms with E-state index >= 15 is 0 Å². The molecule has 3 rings (SSSR count). The first-order valence-electron chi connectivity index (χ1n) is 7.73. The van der Waals surface area contributed by atoms with E-state index in [-0.39, 0.29) is 11.9 Å². The summed E-state index contributed by atoms with van der Waals surface area (Å²) in [5, 5.41) is 3.11. The molecular formula is C17H21N5O. The van der Waals surface area contributed by atoms with Crippen LogP contribution in [0.4, 0.5) is 11.6 Å². The molecule has 1 fully saturated rings. The van der Waals surface area contributed by atoms with Crippen molar-refractivity contribution in [2.24, 2.45) is 0 Å². The minimum absolute atomic E-state index is 0.0310. The molecule has 6 heteroatoms. The summed E-state index contributed by atoms with van der Waals surface area (Å²) >= 11 is 0. The second-order valence-corrected chi connectivity index (χ2v) is 5.91. The molecule has 1 aromatic carbocycles. The molecule has 2 aromatic rings. The predicted molar refractivity (Wildman–Crippen MR) is 89.8 cm³/mol. The van der Waals surface area contributed by atoms with E-state index in [1.165, 1.54) is 0 Å². The summed E-state index contributed by atoms with van der Waals surface area (Å²) in [6.07, 6.45) is 4.17. The van der Waals surface area contributed by atoms with Gasteiger partial charge in [0.05, 0.1) is 5.56 Å². The molecule has 1 aromatic heterocycles. The van der Waals surface area contributed by atoms with E-state index in [0.717, 1.165) is 25.2 Å². The lowest BCUT2D eigenvalue weighted by Crippen LogP contribution is -2.38. The van der Waals surface area contributed by atoms with Crippen molar-refractivity contribution in [2.45, 2.75) is 12.5 Å². The van der Waals surface area contributed by atoms with Crippen LogP contribution in [0.2, 0.25) is 0 Å². The fourth-order valence-electron chi connectivity index (χ4n) is 2.75. The predicted octanol–water partition coefficient (Wildman–Crippen LogP) is 2.00. The van der Waals surface area contributed by atoms with Crippen molar-refractivity contribution in [3.63, 3.8) is 0 Å². The van der Waals surface area contributed by atoms with Gasteiger partial charge in [-0.3, -0.25) is 4.79 Å². The second kappa shape index (κ2) is 6.75. The van der Waals surface area contributed by atoms with E-state index in [4.69, 9.17) is 0 Å². The first-order chi connectivity index (χ1) is 11.1. The number of amides is 1. The van der Waals surface area contributed by atoms with Crippen molar-refractivity contribution < 1.29 is 4.79 Å². The van der Waals surface area contributed by atoms with Crippen LogP contribution in [-0.2, 0) is 0 Å². The van der Waals surface area contributed by atoms with Gasteiger partial charge in [0.1, 0.15) is 0 Å². The largest absolute Gasteiger partial charge is 0.337 e. The monoisotopic (exact) mass is 311 g/mol. The number of para-hydroxylation sites is 1. The molecular weight excluding hydrogens is 290 g/mol. The highest BCUT2D eigenvalue weighted by molar-refractivity contribution is 5.93. The Labute approximate surface area is 136 Å². The van der Waals surface area contributed by atoms with Gasteiger partial charge in [-0.1, -0.05) is 18.2 Å². The molecule has 1 amide bonds. The Morgan fingerprint density at radius 3 is 2.57 bits per heavy atom. The highest BCUT2D eigenvalue weighted by atomic mass is 16.2. The van der Waals surface area contributed by atoms with Crippen LogP contribution in [0.25, 0.3) is 0 Å². The highest BCUT2D eigenvalue weighted by Crippen LogP contribution is 2.16. The van der Waals surface area contributed by atoms with Crippen molar-refractivity contribution in [1.29, 1.82) is 0 Å². The molecule has 0 saturated carbocycles.